The molecule has 1 N–H and O–H groups in total. The molecule has 0 aliphatic carbocycles. The molecule has 0 atom stereocenters. The number of likely N-dealkylation sites (N-methyl/N-ethyl adjacent to an activating group) is 1. The highest BCUT2D eigenvalue weighted by molar-refractivity contribution is 9.10. The second kappa shape index (κ2) is 4.21. The van der Waals surface area contributed by atoms with Crippen LogP contribution in [0.25, 0.3) is 0 Å². The summed E-state index contributed by atoms with van der Waals surface area (Å²) in [5, 5.41) is 5.54. The number of hydrogen-bond donors (Lipinski definition) is 1. The smallest absolute Gasteiger partial charge is 0.358 e. The molecule has 1 amide bonds. The molecule has 0 unspecified atom stereocenters. The van der Waals surface area contributed by atoms with Crippen molar-refractivity contribution in [3.05, 3.63) is 16.4 Å². The van der Waals surface area contributed by atoms with Crippen LogP contribution in [0.2, 0.25) is 0 Å². The third-order valence-electron chi connectivity index (χ3n) is 1.59. The number of hydrogen-bond acceptors (Lipinski definition) is 2. The van der Waals surface area contributed by atoms with Gasteiger partial charge in [-0.2, -0.15) is 18.3 Å². The van der Waals surface area contributed by atoms with Crippen LogP contribution in [0.15, 0.2) is 10.7 Å². The lowest BCUT2D eigenvalue weighted by atomic mass is 10.4. The van der Waals surface area contributed by atoms with Crippen molar-refractivity contribution in [3.63, 3.8) is 0 Å². The van der Waals surface area contributed by atoms with Gasteiger partial charge in [-0.05, 0) is 15.9 Å². The molecule has 0 saturated carbocycles. The summed E-state index contributed by atoms with van der Waals surface area (Å²) in [4.78, 5) is 10.9. The number of aromatic nitrogens is 2. The Labute approximate surface area is 91.6 Å². The average Bonchev–Trinajstić information content (AvgIpc) is 2.47. The monoisotopic (exact) mass is 285 g/mol. The van der Waals surface area contributed by atoms with Crippen molar-refractivity contribution in [1.82, 2.24) is 15.1 Å². The van der Waals surface area contributed by atoms with E-state index in [1.54, 1.807) is 0 Å². The van der Waals surface area contributed by atoms with E-state index in [0.29, 0.717) is 0 Å². The predicted molar refractivity (Wildman–Crippen MR) is 49.0 cm³/mol. The highest BCUT2D eigenvalue weighted by atomic mass is 79.9. The maximum atomic E-state index is 12.2. The third kappa shape index (κ3) is 2.95. The molecular formula is C7H7BrF3N3O. The molecule has 15 heavy (non-hydrogen) atoms. The van der Waals surface area contributed by atoms with Gasteiger partial charge in [0.2, 0.25) is 5.91 Å². The summed E-state index contributed by atoms with van der Waals surface area (Å²) < 4.78 is 37.7. The normalized spacial score (nSPS) is 11.5. The van der Waals surface area contributed by atoms with E-state index in [4.69, 9.17) is 0 Å². The molecule has 0 radical (unpaired) electrons. The number of alkyl halides is 3. The molecule has 1 aromatic heterocycles. The fourth-order valence-corrected chi connectivity index (χ4v) is 1.28. The first-order valence-corrected chi connectivity index (χ1v) is 4.65. The zero-order chi connectivity index (χ0) is 11.6. The Morgan fingerprint density at radius 2 is 2.27 bits per heavy atom. The lowest BCUT2D eigenvalue weighted by molar-refractivity contribution is -0.141. The van der Waals surface area contributed by atoms with Crippen molar-refractivity contribution < 1.29 is 18.0 Å². The summed E-state index contributed by atoms with van der Waals surface area (Å²) in [5.74, 6) is -0.424. The van der Waals surface area contributed by atoms with Gasteiger partial charge in [0.05, 0.1) is 0 Å². The van der Waals surface area contributed by atoms with E-state index in [0.717, 1.165) is 10.7 Å². The highest BCUT2D eigenvalue weighted by Gasteiger charge is 2.34. The number of nitrogens with zero attached hydrogens (tertiary/aromatic N) is 2. The van der Waals surface area contributed by atoms with Gasteiger partial charge < -0.3 is 5.32 Å². The van der Waals surface area contributed by atoms with E-state index < -0.39 is 17.8 Å². The van der Waals surface area contributed by atoms with Gasteiger partial charge in [0, 0.05) is 13.1 Å². The van der Waals surface area contributed by atoms with Crippen LogP contribution in [0, 0.1) is 0 Å². The molecule has 0 spiro atoms. The zero-order valence-electron chi connectivity index (χ0n) is 7.60. The van der Waals surface area contributed by atoms with Crippen molar-refractivity contribution in [3.8, 4) is 0 Å². The molecule has 8 heteroatoms. The van der Waals surface area contributed by atoms with Crippen molar-refractivity contribution in [2.75, 3.05) is 7.05 Å². The summed E-state index contributed by atoms with van der Waals surface area (Å²) in [6, 6.07) is 0.822. The maximum absolute atomic E-state index is 12.2. The Bertz CT molecular complexity index is 374. The summed E-state index contributed by atoms with van der Waals surface area (Å²) >= 11 is 2.89. The largest absolute Gasteiger partial charge is 0.435 e. The van der Waals surface area contributed by atoms with Gasteiger partial charge in [0.25, 0.3) is 0 Å². The Hall–Kier alpha value is -1.05. The Morgan fingerprint density at radius 1 is 1.67 bits per heavy atom. The SMILES string of the molecule is CNC(=O)Cn1nc(C(F)(F)F)cc1Br. The molecule has 0 aromatic carbocycles. The number of halogens is 4. The van der Waals surface area contributed by atoms with Crippen LogP contribution in [-0.2, 0) is 17.5 Å². The van der Waals surface area contributed by atoms with Gasteiger partial charge >= 0.3 is 6.18 Å². The minimum atomic E-state index is -4.50. The van der Waals surface area contributed by atoms with Crippen LogP contribution in [0.5, 0.6) is 0 Å². The van der Waals surface area contributed by atoms with Crippen molar-refractivity contribution in [2.45, 2.75) is 12.7 Å². The number of rotatable bonds is 2. The fraction of sp³-hybridized carbons (Fsp3) is 0.429. The van der Waals surface area contributed by atoms with Gasteiger partial charge in [0.15, 0.2) is 5.69 Å². The maximum Gasteiger partial charge on any atom is 0.435 e. The Balaban J connectivity index is 2.92. The fourth-order valence-electron chi connectivity index (χ4n) is 0.858. The minimum Gasteiger partial charge on any atom is -0.358 e. The average molecular weight is 286 g/mol. The van der Waals surface area contributed by atoms with Crippen molar-refractivity contribution in [2.24, 2.45) is 0 Å². The standard InChI is InChI=1S/C7H7BrF3N3O/c1-12-6(15)3-14-5(8)2-4(13-14)7(9,10)11/h2H,3H2,1H3,(H,12,15). The summed E-state index contributed by atoms with van der Waals surface area (Å²) in [5.41, 5.74) is -1.03. The Kier molecular flexibility index (Phi) is 3.38. The Morgan fingerprint density at radius 3 is 2.67 bits per heavy atom. The minimum absolute atomic E-state index is 0.110. The van der Waals surface area contributed by atoms with Crippen molar-refractivity contribution in [1.29, 1.82) is 0 Å². The lowest BCUT2D eigenvalue weighted by Gasteiger charge is -2.02. The van der Waals surface area contributed by atoms with Crippen LogP contribution < -0.4 is 5.32 Å². The molecule has 4 nitrogen and oxygen atoms in total. The second-order valence-corrected chi connectivity index (χ2v) is 3.49. The van der Waals surface area contributed by atoms with E-state index in [2.05, 4.69) is 26.3 Å². The van der Waals surface area contributed by atoms with Crippen molar-refractivity contribution >= 4 is 21.8 Å². The van der Waals surface area contributed by atoms with E-state index in [-0.39, 0.29) is 11.1 Å². The topological polar surface area (TPSA) is 46.9 Å². The molecule has 0 aliphatic heterocycles. The van der Waals surface area contributed by atoms with Crippen LogP contribution in [0.4, 0.5) is 13.2 Å². The zero-order valence-corrected chi connectivity index (χ0v) is 9.18. The van der Waals surface area contributed by atoms with Gasteiger partial charge in [-0.25, -0.2) is 4.68 Å². The molecular weight excluding hydrogens is 279 g/mol. The van der Waals surface area contributed by atoms with Gasteiger partial charge in [-0.15, -0.1) is 0 Å². The first-order chi connectivity index (χ1) is 6.84. The van der Waals surface area contributed by atoms with E-state index in [1.807, 2.05) is 0 Å². The summed E-state index contributed by atoms with van der Waals surface area (Å²) in [7, 11) is 1.39. The summed E-state index contributed by atoms with van der Waals surface area (Å²) in [6.07, 6.45) is -4.50. The van der Waals surface area contributed by atoms with Gasteiger partial charge in [-0.1, -0.05) is 0 Å². The van der Waals surface area contributed by atoms with Crippen LogP contribution in [-0.4, -0.2) is 22.7 Å². The van der Waals surface area contributed by atoms with E-state index in [1.165, 1.54) is 7.05 Å². The van der Waals surface area contributed by atoms with Gasteiger partial charge in [0.1, 0.15) is 11.1 Å². The number of amides is 1. The van der Waals surface area contributed by atoms with Gasteiger partial charge in [-0.3, -0.25) is 4.79 Å². The molecule has 1 rings (SSSR count). The third-order valence-corrected chi connectivity index (χ3v) is 2.23. The lowest BCUT2D eigenvalue weighted by Crippen LogP contribution is -2.24. The molecule has 1 heterocycles. The molecule has 84 valence electrons. The second-order valence-electron chi connectivity index (χ2n) is 2.68. The first kappa shape index (κ1) is 12.0. The highest BCUT2D eigenvalue weighted by Crippen LogP contribution is 2.29. The van der Waals surface area contributed by atoms with E-state index >= 15 is 0 Å². The molecule has 0 fully saturated rings. The summed E-state index contributed by atoms with van der Waals surface area (Å²) in [6.45, 7) is -0.257. The van der Waals surface area contributed by atoms with Crippen LogP contribution >= 0.6 is 15.9 Å². The molecule has 0 bridgehead atoms. The molecule has 0 saturated heterocycles. The number of nitrogens with one attached hydrogen (secondary N) is 1. The predicted octanol–water partition coefficient (Wildman–Crippen LogP) is 1.41. The molecule has 1 aromatic rings. The van der Waals surface area contributed by atoms with Crippen LogP contribution in [0.1, 0.15) is 5.69 Å². The first-order valence-electron chi connectivity index (χ1n) is 3.85. The number of carbonyl (C=O) groups excluding carboxylic acids is 1. The van der Waals surface area contributed by atoms with E-state index in [9.17, 15) is 18.0 Å². The quantitative estimate of drug-likeness (QED) is 0.893. The van der Waals surface area contributed by atoms with Crippen LogP contribution in [0.3, 0.4) is 0 Å². The molecule has 0 aliphatic rings. The number of carbonyl (C=O) groups is 1.